The number of likely N-dealkylation sites (tertiary alicyclic amines) is 1. The molecule has 2 rings (SSSR count). The minimum Gasteiger partial charge on any atom is -0.370 e. The number of nitrogens with two attached hydrogens (primary N) is 1. The maximum atomic E-state index is 5.84. The van der Waals surface area contributed by atoms with Gasteiger partial charge in [-0.2, -0.15) is 0 Å². The van der Waals surface area contributed by atoms with Crippen LogP contribution in [0.3, 0.4) is 0 Å². The second-order valence-corrected chi connectivity index (χ2v) is 5.72. The van der Waals surface area contributed by atoms with Crippen LogP contribution in [0.2, 0.25) is 0 Å². The predicted octanol–water partition coefficient (Wildman–Crippen LogP) is 1.48. The average molecular weight is 250 g/mol. The van der Waals surface area contributed by atoms with Crippen LogP contribution >= 0.6 is 0 Å². The molecule has 1 aliphatic heterocycles. The molecular formula is C14H26N4. The Labute approximate surface area is 110 Å². The summed E-state index contributed by atoms with van der Waals surface area (Å²) >= 11 is 0. The van der Waals surface area contributed by atoms with E-state index in [2.05, 4.69) is 21.8 Å². The topological polar surface area (TPSA) is 53.6 Å². The summed E-state index contributed by atoms with van der Waals surface area (Å²) in [5.41, 5.74) is 6.88. The molecule has 0 bridgehead atoms. The lowest BCUT2D eigenvalue weighted by Gasteiger charge is -2.44. The van der Waals surface area contributed by atoms with Crippen LogP contribution < -0.4 is 11.1 Å². The number of aliphatic imine (C=N–C) groups is 1. The Balaban J connectivity index is 1.66. The highest BCUT2D eigenvalue weighted by atomic mass is 15.2. The van der Waals surface area contributed by atoms with E-state index in [1.807, 2.05) is 6.92 Å². The molecule has 4 heteroatoms. The fourth-order valence-electron chi connectivity index (χ4n) is 2.76. The van der Waals surface area contributed by atoms with Crippen molar-refractivity contribution in [1.82, 2.24) is 10.2 Å². The van der Waals surface area contributed by atoms with Gasteiger partial charge in [0.1, 0.15) is 0 Å². The van der Waals surface area contributed by atoms with E-state index in [-0.39, 0.29) is 0 Å². The van der Waals surface area contributed by atoms with Crippen molar-refractivity contribution < 1.29 is 0 Å². The minimum atomic E-state index is 0.519. The van der Waals surface area contributed by atoms with Crippen LogP contribution in [0, 0.1) is 0 Å². The van der Waals surface area contributed by atoms with Gasteiger partial charge in [-0.1, -0.05) is 18.6 Å². The van der Waals surface area contributed by atoms with Gasteiger partial charge in [0.25, 0.3) is 0 Å². The summed E-state index contributed by atoms with van der Waals surface area (Å²) in [6.45, 7) is 8.98. The smallest absolute Gasteiger partial charge is 0.189 e. The molecule has 0 atom stereocenters. The molecule has 0 amide bonds. The maximum Gasteiger partial charge on any atom is 0.189 e. The SMILES string of the molecule is C=C(C)CN=C(N)NC1CC(N2CCCCC2)C1. The number of nitrogens with zero attached hydrogens (tertiary/aromatic N) is 2. The molecule has 2 aliphatic rings. The summed E-state index contributed by atoms with van der Waals surface area (Å²) in [6, 6.07) is 1.29. The third kappa shape index (κ3) is 3.73. The van der Waals surface area contributed by atoms with E-state index in [4.69, 9.17) is 5.73 Å². The van der Waals surface area contributed by atoms with Gasteiger partial charge in [-0.3, -0.25) is 0 Å². The molecule has 1 aliphatic carbocycles. The molecular weight excluding hydrogens is 224 g/mol. The second kappa shape index (κ2) is 6.23. The van der Waals surface area contributed by atoms with Gasteiger partial charge >= 0.3 is 0 Å². The molecule has 18 heavy (non-hydrogen) atoms. The summed E-state index contributed by atoms with van der Waals surface area (Å²) in [7, 11) is 0. The fourth-order valence-corrected chi connectivity index (χ4v) is 2.76. The summed E-state index contributed by atoms with van der Waals surface area (Å²) in [5.74, 6) is 0.570. The van der Waals surface area contributed by atoms with Crippen LogP contribution in [0.1, 0.15) is 39.0 Å². The molecule has 0 radical (unpaired) electrons. The Morgan fingerprint density at radius 1 is 1.33 bits per heavy atom. The van der Waals surface area contributed by atoms with E-state index < -0.39 is 0 Å². The molecule has 3 N–H and O–H groups in total. The number of rotatable bonds is 4. The Bertz CT molecular complexity index is 312. The van der Waals surface area contributed by atoms with E-state index >= 15 is 0 Å². The highest BCUT2D eigenvalue weighted by Crippen LogP contribution is 2.27. The Kier molecular flexibility index (Phi) is 4.64. The number of hydrogen-bond donors (Lipinski definition) is 2. The van der Waals surface area contributed by atoms with Gasteiger partial charge < -0.3 is 16.0 Å². The minimum absolute atomic E-state index is 0.519. The van der Waals surface area contributed by atoms with E-state index in [9.17, 15) is 0 Å². The number of guanidine groups is 1. The third-order valence-electron chi connectivity index (χ3n) is 3.89. The van der Waals surface area contributed by atoms with Crippen LogP contribution in [-0.4, -0.2) is 42.6 Å². The fraction of sp³-hybridized carbons (Fsp3) is 0.786. The summed E-state index contributed by atoms with van der Waals surface area (Å²) in [6.07, 6.45) is 6.57. The molecule has 1 saturated heterocycles. The monoisotopic (exact) mass is 250 g/mol. The highest BCUT2D eigenvalue weighted by molar-refractivity contribution is 5.78. The molecule has 102 valence electrons. The molecule has 0 unspecified atom stereocenters. The molecule has 2 fully saturated rings. The quantitative estimate of drug-likeness (QED) is 0.451. The summed E-state index contributed by atoms with van der Waals surface area (Å²) in [4.78, 5) is 6.89. The van der Waals surface area contributed by atoms with Crippen LogP contribution in [0.15, 0.2) is 17.1 Å². The standard InChI is InChI=1S/C14H26N4/c1-11(2)10-16-14(15)17-12-8-13(9-12)18-6-4-3-5-7-18/h12-13H,1,3-10H2,2H3,(H3,15,16,17). The zero-order valence-corrected chi connectivity index (χ0v) is 11.5. The van der Waals surface area contributed by atoms with Crippen molar-refractivity contribution >= 4 is 5.96 Å². The van der Waals surface area contributed by atoms with Crippen molar-refractivity contribution in [2.75, 3.05) is 19.6 Å². The van der Waals surface area contributed by atoms with Gasteiger partial charge in [-0.05, 0) is 45.7 Å². The first-order valence-electron chi connectivity index (χ1n) is 7.10. The maximum absolute atomic E-state index is 5.84. The first-order valence-corrected chi connectivity index (χ1v) is 7.10. The van der Waals surface area contributed by atoms with Crippen LogP contribution in [0.5, 0.6) is 0 Å². The van der Waals surface area contributed by atoms with Crippen molar-refractivity contribution in [1.29, 1.82) is 0 Å². The summed E-state index contributed by atoms with van der Waals surface area (Å²) in [5, 5.41) is 3.30. The van der Waals surface area contributed by atoms with Gasteiger partial charge in [-0.15, -0.1) is 0 Å². The normalized spacial score (nSPS) is 29.7. The summed E-state index contributed by atoms with van der Waals surface area (Å²) < 4.78 is 0. The van der Waals surface area contributed by atoms with Gasteiger partial charge in [-0.25, -0.2) is 4.99 Å². The van der Waals surface area contributed by atoms with Crippen LogP contribution in [0.25, 0.3) is 0 Å². The lowest BCUT2D eigenvalue weighted by atomic mass is 9.84. The van der Waals surface area contributed by atoms with Crippen LogP contribution in [0.4, 0.5) is 0 Å². The molecule has 1 heterocycles. The number of nitrogens with one attached hydrogen (secondary N) is 1. The van der Waals surface area contributed by atoms with Crippen molar-refractivity contribution in [2.24, 2.45) is 10.7 Å². The van der Waals surface area contributed by atoms with E-state index in [1.54, 1.807) is 0 Å². The van der Waals surface area contributed by atoms with Crippen molar-refractivity contribution in [2.45, 2.75) is 51.1 Å². The van der Waals surface area contributed by atoms with Gasteiger partial charge in [0.15, 0.2) is 5.96 Å². The molecule has 4 nitrogen and oxygen atoms in total. The molecule has 0 spiro atoms. The number of hydrogen-bond acceptors (Lipinski definition) is 2. The Morgan fingerprint density at radius 3 is 2.61 bits per heavy atom. The van der Waals surface area contributed by atoms with Crippen molar-refractivity contribution in [3.63, 3.8) is 0 Å². The Morgan fingerprint density at radius 2 is 2.00 bits per heavy atom. The molecule has 0 aromatic rings. The largest absolute Gasteiger partial charge is 0.370 e. The lowest BCUT2D eigenvalue weighted by molar-refractivity contribution is 0.0846. The second-order valence-electron chi connectivity index (χ2n) is 5.72. The zero-order valence-electron chi connectivity index (χ0n) is 11.5. The lowest BCUT2D eigenvalue weighted by Crippen LogP contribution is -2.56. The Hall–Kier alpha value is -1.03. The highest BCUT2D eigenvalue weighted by Gasteiger charge is 2.34. The van der Waals surface area contributed by atoms with E-state index in [0.717, 1.165) is 11.6 Å². The van der Waals surface area contributed by atoms with E-state index in [1.165, 1.54) is 45.2 Å². The molecule has 1 saturated carbocycles. The van der Waals surface area contributed by atoms with Crippen LogP contribution in [-0.2, 0) is 0 Å². The van der Waals surface area contributed by atoms with Gasteiger partial charge in [0.05, 0.1) is 6.54 Å². The molecule has 0 aromatic heterocycles. The van der Waals surface area contributed by atoms with E-state index in [0.29, 0.717) is 18.5 Å². The average Bonchev–Trinajstić information content (AvgIpc) is 2.32. The predicted molar refractivity (Wildman–Crippen MR) is 76.7 cm³/mol. The zero-order chi connectivity index (χ0) is 13.0. The van der Waals surface area contributed by atoms with Crippen molar-refractivity contribution in [3.8, 4) is 0 Å². The van der Waals surface area contributed by atoms with Gasteiger partial charge in [0, 0.05) is 12.1 Å². The van der Waals surface area contributed by atoms with Crippen molar-refractivity contribution in [3.05, 3.63) is 12.2 Å². The first kappa shape index (κ1) is 13.4. The first-order chi connectivity index (χ1) is 8.65. The molecule has 0 aromatic carbocycles. The third-order valence-corrected chi connectivity index (χ3v) is 3.89. The number of piperidine rings is 1. The van der Waals surface area contributed by atoms with Gasteiger partial charge in [0.2, 0.25) is 0 Å².